The number of nitrogens with zero attached hydrogens (tertiary/aromatic N) is 1. The Labute approximate surface area is 136 Å². The number of halogens is 1. The molecular formula is C15H21ClN2O3S. The minimum absolute atomic E-state index is 0.0446. The first-order valence-corrected chi connectivity index (χ1v) is 9.57. The summed E-state index contributed by atoms with van der Waals surface area (Å²) in [6.07, 6.45) is 1.65. The average Bonchev–Trinajstić information content (AvgIpc) is 2.42. The summed E-state index contributed by atoms with van der Waals surface area (Å²) in [5.41, 5.74) is 1.14. The molecule has 0 spiro atoms. The highest BCUT2D eigenvalue weighted by atomic mass is 35.5. The van der Waals surface area contributed by atoms with Crippen molar-refractivity contribution in [1.82, 2.24) is 10.2 Å². The molecule has 0 aromatic heterocycles. The van der Waals surface area contributed by atoms with Crippen LogP contribution in [0.1, 0.15) is 18.9 Å². The SMILES string of the molecule is CC1CS(=O)(=O)CCN1C(=O)NCCCc1cccc(Cl)c1. The van der Waals surface area contributed by atoms with E-state index in [-0.39, 0.29) is 30.1 Å². The lowest BCUT2D eigenvalue weighted by atomic mass is 10.1. The van der Waals surface area contributed by atoms with Gasteiger partial charge in [-0.3, -0.25) is 0 Å². The van der Waals surface area contributed by atoms with E-state index in [0.29, 0.717) is 11.6 Å². The van der Waals surface area contributed by atoms with Gasteiger partial charge in [0.25, 0.3) is 0 Å². The standard InChI is InChI=1S/C15H21ClN2O3S/c1-12-11-22(20,21)9-8-18(12)15(19)17-7-3-5-13-4-2-6-14(16)10-13/h2,4,6,10,12H,3,5,7-9,11H2,1H3,(H,17,19). The summed E-state index contributed by atoms with van der Waals surface area (Å²) in [5, 5.41) is 3.57. The van der Waals surface area contributed by atoms with Crippen molar-refractivity contribution in [2.75, 3.05) is 24.6 Å². The average molecular weight is 345 g/mol. The molecule has 1 atom stereocenters. The largest absolute Gasteiger partial charge is 0.338 e. The molecule has 1 aromatic rings. The van der Waals surface area contributed by atoms with Crippen LogP contribution in [-0.4, -0.2) is 50.0 Å². The number of urea groups is 1. The van der Waals surface area contributed by atoms with E-state index in [1.54, 1.807) is 11.8 Å². The van der Waals surface area contributed by atoms with Crippen LogP contribution in [0.15, 0.2) is 24.3 Å². The van der Waals surface area contributed by atoms with E-state index in [0.717, 1.165) is 18.4 Å². The molecule has 1 fully saturated rings. The van der Waals surface area contributed by atoms with Crippen LogP contribution in [0.25, 0.3) is 0 Å². The van der Waals surface area contributed by atoms with Crippen LogP contribution in [0.5, 0.6) is 0 Å². The molecule has 2 rings (SSSR count). The first-order valence-electron chi connectivity index (χ1n) is 7.37. The van der Waals surface area contributed by atoms with Crippen LogP contribution in [0, 0.1) is 0 Å². The Morgan fingerprint density at radius 3 is 2.91 bits per heavy atom. The van der Waals surface area contributed by atoms with Gasteiger partial charge in [0.05, 0.1) is 11.5 Å². The second kappa shape index (κ2) is 7.33. The summed E-state index contributed by atoms with van der Waals surface area (Å²) in [6, 6.07) is 7.21. The number of hydrogen-bond donors (Lipinski definition) is 1. The zero-order valence-corrected chi connectivity index (χ0v) is 14.2. The van der Waals surface area contributed by atoms with E-state index in [1.807, 2.05) is 24.3 Å². The second-order valence-corrected chi connectivity index (χ2v) is 8.29. The number of carbonyl (C=O) groups is 1. The predicted molar refractivity (Wildman–Crippen MR) is 88.0 cm³/mol. The number of nitrogens with one attached hydrogen (secondary N) is 1. The maximum atomic E-state index is 12.1. The van der Waals surface area contributed by atoms with E-state index in [2.05, 4.69) is 5.32 Å². The molecule has 1 aliphatic rings. The molecule has 1 aliphatic heterocycles. The van der Waals surface area contributed by atoms with Crippen LogP contribution in [-0.2, 0) is 16.3 Å². The van der Waals surface area contributed by atoms with Crippen molar-refractivity contribution in [1.29, 1.82) is 0 Å². The van der Waals surface area contributed by atoms with Gasteiger partial charge in [-0.2, -0.15) is 0 Å². The molecule has 122 valence electrons. The van der Waals surface area contributed by atoms with Crippen molar-refractivity contribution < 1.29 is 13.2 Å². The number of rotatable bonds is 4. The molecule has 22 heavy (non-hydrogen) atoms. The Hall–Kier alpha value is -1.27. The van der Waals surface area contributed by atoms with Gasteiger partial charge in [0.2, 0.25) is 0 Å². The van der Waals surface area contributed by atoms with Crippen LogP contribution in [0.4, 0.5) is 4.79 Å². The summed E-state index contributed by atoms with van der Waals surface area (Å²) in [6.45, 7) is 2.59. The molecule has 0 aliphatic carbocycles. The topological polar surface area (TPSA) is 66.5 Å². The van der Waals surface area contributed by atoms with E-state index in [1.165, 1.54) is 0 Å². The lowest BCUT2D eigenvalue weighted by molar-refractivity contribution is 0.185. The number of benzene rings is 1. The highest BCUT2D eigenvalue weighted by molar-refractivity contribution is 7.91. The molecule has 0 bridgehead atoms. The fourth-order valence-electron chi connectivity index (χ4n) is 2.58. The van der Waals surface area contributed by atoms with Crippen molar-refractivity contribution in [2.45, 2.75) is 25.8 Å². The Kier molecular flexibility index (Phi) is 5.69. The van der Waals surface area contributed by atoms with Crippen molar-refractivity contribution in [3.63, 3.8) is 0 Å². The third-order valence-corrected chi connectivity index (χ3v) is 5.77. The molecule has 1 N–H and O–H groups in total. The first-order chi connectivity index (χ1) is 10.4. The van der Waals surface area contributed by atoms with Crippen LogP contribution in [0.2, 0.25) is 5.02 Å². The number of sulfone groups is 1. The van der Waals surface area contributed by atoms with Crippen molar-refractivity contribution >= 4 is 27.5 Å². The van der Waals surface area contributed by atoms with E-state index < -0.39 is 9.84 Å². The number of amides is 2. The summed E-state index contributed by atoms with van der Waals surface area (Å²) in [7, 11) is -3.00. The zero-order valence-electron chi connectivity index (χ0n) is 12.6. The number of carbonyl (C=O) groups excluding carboxylic acids is 1. The number of hydrogen-bond acceptors (Lipinski definition) is 3. The summed E-state index contributed by atoms with van der Waals surface area (Å²) in [5.74, 6) is 0.0935. The normalized spacial score (nSPS) is 20.6. The van der Waals surface area contributed by atoms with Gasteiger partial charge in [-0.25, -0.2) is 13.2 Å². The molecule has 1 unspecified atom stereocenters. The van der Waals surface area contributed by atoms with Gasteiger partial charge in [0, 0.05) is 24.2 Å². The Morgan fingerprint density at radius 2 is 2.23 bits per heavy atom. The lowest BCUT2D eigenvalue weighted by Gasteiger charge is -2.33. The van der Waals surface area contributed by atoms with Gasteiger partial charge in [-0.15, -0.1) is 0 Å². The summed E-state index contributed by atoms with van der Waals surface area (Å²) < 4.78 is 23.0. The van der Waals surface area contributed by atoms with Gasteiger partial charge in [0.15, 0.2) is 9.84 Å². The maximum Gasteiger partial charge on any atom is 0.317 e. The lowest BCUT2D eigenvalue weighted by Crippen LogP contribution is -2.53. The van der Waals surface area contributed by atoms with Crippen LogP contribution >= 0.6 is 11.6 Å². The van der Waals surface area contributed by atoms with Crippen molar-refractivity contribution in [3.05, 3.63) is 34.9 Å². The zero-order chi connectivity index (χ0) is 16.2. The molecule has 1 aromatic carbocycles. The molecule has 7 heteroatoms. The van der Waals surface area contributed by atoms with Crippen molar-refractivity contribution in [3.8, 4) is 0 Å². The van der Waals surface area contributed by atoms with Gasteiger partial charge in [-0.05, 0) is 37.5 Å². The summed E-state index contributed by atoms with van der Waals surface area (Å²) >= 11 is 5.92. The van der Waals surface area contributed by atoms with Crippen LogP contribution < -0.4 is 5.32 Å². The molecule has 0 saturated carbocycles. The molecule has 5 nitrogen and oxygen atoms in total. The first kappa shape index (κ1) is 17.1. The highest BCUT2D eigenvalue weighted by Crippen LogP contribution is 2.13. The maximum absolute atomic E-state index is 12.1. The van der Waals surface area contributed by atoms with Gasteiger partial charge in [-0.1, -0.05) is 23.7 Å². The third-order valence-electron chi connectivity index (χ3n) is 3.74. The van der Waals surface area contributed by atoms with Crippen molar-refractivity contribution in [2.24, 2.45) is 0 Å². The Bertz CT molecular complexity index is 633. The van der Waals surface area contributed by atoms with E-state index >= 15 is 0 Å². The highest BCUT2D eigenvalue weighted by Gasteiger charge is 2.30. The number of aryl methyl sites for hydroxylation is 1. The molecule has 0 radical (unpaired) electrons. The second-order valence-electron chi connectivity index (χ2n) is 5.62. The molecule has 1 saturated heterocycles. The minimum Gasteiger partial charge on any atom is -0.338 e. The van der Waals surface area contributed by atoms with Gasteiger partial charge >= 0.3 is 6.03 Å². The Morgan fingerprint density at radius 1 is 1.45 bits per heavy atom. The fourth-order valence-corrected chi connectivity index (χ4v) is 4.35. The minimum atomic E-state index is -3.00. The monoisotopic (exact) mass is 344 g/mol. The molecular weight excluding hydrogens is 324 g/mol. The smallest absolute Gasteiger partial charge is 0.317 e. The quantitative estimate of drug-likeness (QED) is 0.851. The van der Waals surface area contributed by atoms with Crippen LogP contribution in [0.3, 0.4) is 0 Å². The fraction of sp³-hybridized carbons (Fsp3) is 0.533. The van der Waals surface area contributed by atoms with E-state index in [4.69, 9.17) is 11.6 Å². The predicted octanol–water partition coefficient (Wildman–Crippen LogP) is 2.10. The third kappa shape index (κ3) is 4.88. The Balaban J connectivity index is 1.74. The molecule has 1 heterocycles. The van der Waals surface area contributed by atoms with Gasteiger partial charge in [0.1, 0.15) is 0 Å². The van der Waals surface area contributed by atoms with Gasteiger partial charge < -0.3 is 10.2 Å². The van der Waals surface area contributed by atoms with E-state index in [9.17, 15) is 13.2 Å². The molecule has 2 amide bonds. The summed E-state index contributed by atoms with van der Waals surface area (Å²) in [4.78, 5) is 13.7.